The van der Waals surface area contributed by atoms with Crippen molar-refractivity contribution in [3.63, 3.8) is 0 Å². The molecule has 102 valence electrons. The second-order valence-corrected chi connectivity index (χ2v) is 5.64. The summed E-state index contributed by atoms with van der Waals surface area (Å²) in [5, 5.41) is 9.65. The molecular weight excluding hydrogens is 263 g/mol. The maximum atomic E-state index is 12.3. The van der Waals surface area contributed by atoms with Crippen molar-refractivity contribution in [2.24, 2.45) is 11.7 Å². The molecule has 0 bridgehead atoms. The van der Waals surface area contributed by atoms with E-state index >= 15 is 0 Å². The van der Waals surface area contributed by atoms with Gasteiger partial charge in [0.2, 0.25) is 0 Å². The monoisotopic (exact) mass is 279 g/mol. The molecule has 0 heterocycles. The van der Waals surface area contributed by atoms with Gasteiger partial charge in [-0.05, 0) is 42.3 Å². The molecule has 2 nitrogen and oxygen atoms in total. The van der Waals surface area contributed by atoms with Gasteiger partial charge in [-0.2, -0.15) is 13.2 Å². The summed E-state index contributed by atoms with van der Waals surface area (Å²) in [6.45, 7) is 3.93. The molecule has 18 heavy (non-hydrogen) atoms. The van der Waals surface area contributed by atoms with Gasteiger partial charge in [-0.1, -0.05) is 13.8 Å². The highest BCUT2D eigenvalue weighted by atomic mass is 32.2. The Kier molecular flexibility index (Phi) is 4.92. The Morgan fingerprint density at radius 2 is 1.94 bits per heavy atom. The Bertz CT molecular complexity index is 407. The van der Waals surface area contributed by atoms with Crippen molar-refractivity contribution in [2.75, 3.05) is 0 Å². The van der Waals surface area contributed by atoms with Gasteiger partial charge in [0.25, 0.3) is 0 Å². The molecule has 0 saturated carbocycles. The summed E-state index contributed by atoms with van der Waals surface area (Å²) in [5.74, 6) is 0.244. The van der Waals surface area contributed by atoms with Gasteiger partial charge in [-0.3, -0.25) is 0 Å². The first kappa shape index (κ1) is 15.2. The second kappa shape index (κ2) is 5.84. The van der Waals surface area contributed by atoms with Gasteiger partial charge in [0.15, 0.2) is 0 Å². The molecule has 1 aromatic rings. The Labute approximate surface area is 108 Å². The van der Waals surface area contributed by atoms with Gasteiger partial charge in [-0.15, -0.1) is 0 Å². The Hall–Kier alpha value is -0.880. The Balaban J connectivity index is 2.94. The van der Waals surface area contributed by atoms with E-state index in [9.17, 15) is 18.3 Å². The zero-order chi connectivity index (χ0) is 13.9. The van der Waals surface area contributed by atoms with E-state index in [-0.39, 0.29) is 22.4 Å². The van der Waals surface area contributed by atoms with E-state index in [0.717, 1.165) is 0 Å². The summed E-state index contributed by atoms with van der Waals surface area (Å²) in [7, 11) is 0. The van der Waals surface area contributed by atoms with Gasteiger partial charge in [-0.25, -0.2) is 0 Å². The Morgan fingerprint density at radius 1 is 1.33 bits per heavy atom. The van der Waals surface area contributed by atoms with Crippen LogP contribution in [0.1, 0.15) is 31.9 Å². The van der Waals surface area contributed by atoms with E-state index in [1.54, 1.807) is 0 Å². The number of phenolic OH excluding ortho intramolecular Hbond substituents is 1. The number of alkyl halides is 3. The topological polar surface area (TPSA) is 46.2 Å². The average molecular weight is 279 g/mol. The predicted octanol–water partition coefficient (Wildman–Crippen LogP) is 4.05. The number of nitrogens with two attached hydrogens (primary N) is 1. The highest BCUT2D eigenvalue weighted by Gasteiger charge is 2.29. The van der Waals surface area contributed by atoms with Crippen LogP contribution in [0.5, 0.6) is 5.75 Å². The van der Waals surface area contributed by atoms with Crippen molar-refractivity contribution in [2.45, 2.75) is 36.7 Å². The van der Waals surface area contributed by atoms with Crippen LogP contribution in [0.25, 0.3) is 0 Å². The summed E-state index contributed by atoms with van der Waals surface area (Å²) in [5.41, 5.74) is 1.90. The van der Waals surface area contributed by atoms with E-state index in [4.69, 9.17) is 5.73 Å². The lowest BCUT2D eigenvalue weighted by atomic mass is 9.97. The fraction of sp³-hybridized carbons (Fsp3) is 0.500. The minimum atomic E-state index is -4.34. The van der Waals surface area contributed by atoms with Crippen molar-refractivity contribution < 1.29 is 18.3 Å². The summed E-state index contributed by atoms with van der Waals surface area (Å²) in [6, 6.07) is 3.34. The van der Waals surface area contributed by atoms with Gasteiger partial charge in [0.05, 0.1) is 0 Å². The fourth-order valence-electron chi connectivity index (χ4n) is 1.66. The van der Waals surface area contributed by atoms with E-state index in [1.165, 1.54) is 18.2 Å². The van der Waals surface area contributed by atoms with Crippen LogP contribution in [0.3, 0.4) is 0 Å². The number of halogens is 3. The third-order valence-electron chi connectivity index (χ3n) is 2.36. The van der Waals surface area contributed by atoms with Crippen LogP contribution in [-0.4, -0.2) is 10.6 Å². The first-order chi connectivity index (χ1) is 8.19. The van der Waals surface area contributed by atoms with Gasteiger partial charge >= 0.3 is 5.51 Å². The van der Waals surface area contributed by atoms with Crippen molar-refractivity contribution in [3.05, 3.63) is 23.8 Å². The minimum absolute atomic E-state index is 0.0366. The molecule has 0 saturated heterocycles. The van der Waals surface area contributed by atoms with E-state index in [0.29, 0.717) is 17.9 Å². The van der Waals surface area contributed by atoms with Crippen LogP contribution in [0.4, 0.5) is 13.2 Å². The fourth-order valence-corrected chi connectivity index (χ4v) is 2.25. The molecule has 0 aliphatic carbocycles. The summed E-state index contributed by atoms with van der Waals surface area (Å²) < 4.78 is 36.8. The summed E-state index contributed by atoms with van der Waals surface area (Å²) in [6.07, 6.45) is 0.605. The SMILES string of the molecule is CC(C)C[C@H](N)c1cc(SC(F)(F)F)ccc1O. The largest absolute Gasteiger partial charge is 0.508 e. The van der Waals surface area contributed by atoms with Crippen LogP contribution in [-0.2, 0) is 0 Å². The molecule has 3 N–H and O–H groups in total. The molecule has 0 amide bonds. The highest BCUT2D eigenvalue weighted by molar-refractivity contribution is 8.00. The smallest absolute Gasteiger partial charge is 0.446 e. The van der Waals surface area contributed by atoms with Crippen LogP contribution < -0.4 is 5.73 Å². The molecule has 0 unspecified atom stereocenters. The first-order valence-corrected chi connectivity index (χ1v) is 6.35. The highest BCUT2D eigenvalue weighted by Crippen LogP contribution is 2.39. The second-order valence-electron chi connectivity index (χ2n) is 4.50. The lowest BCUT2D eigenvalue weighted by Gasteiger charge is -2.17. The molecule has 0 aliphatic heterocycles. The lowest BCUT2D eigenvalue weighted by Crippen LogP contribution is -2.13. The zero-order valence-electron chi connectivity index (χ0n) is 10.2. The molecule has 0 aliphatic rings. The molecule has 1 rings (SSSR count). The number of thioether (sulfide) groups is 1. The number of aromatic hydroxyl groups is 1. The summed E-state index contributed by atoms with van der Waals surface area (Å²) >= 11 is -0.207. The Morgan fingerprint density at radius 3 is 2.44 bits per heavy atom. The maximum Gasteiger partial charge on any atom is 0.446 e. The quantitative estimate of drug-likeness (QED) is 0.817. The standard InChI is InChI=1S/C12H16F3NOS/c1-7(2)5-10(16)9-6-8(3-4-11(9)17)18-12(13,14)15/h3-4,6-7,10,17H,5,16H2,1-2H3/t10-/m0/s1. The van der Waals surface area contributed by atoms with Crippen molar-refractivity contribution in [1.82, 2.24) is 0 Å². The molecule has 1 aromatic carbocycles. The molecule has 0 aromatic heterocycles. The van der Waals surface area contributed by atoms with Crippen LogP contribution in [0, 0.1) is 5.92 Å². The lowest BCUT2D eigenvalue weighted by molar-refractivity contribution is -0.0328. The number of hydrogen-bond donors (Lipinski definition) is 2. The molecular formula is C12H16F3NOS. The van der Waals surface area contributed by atoms with Crippen LogP contribution in [0.2, 0.25) is 0 Å². The molecule has 0 spiro atoms. The van der Waals surface area contributed by atoms with Crippen LogP contribution in [0.15, 0.2) is 23.1 Å². The number of rotatable bonds is 4. The minimum Gasteiger partial charge on any atom is -0.508 e. The maximum absolute atomic E-state index is 12.3. The van der Waals surface area contributed by atoms with Gasteiger partial charge < -0.3 is 10.8 Å². The van der Waals surface area contributed by atoms with E-state index in [2.05, 4.69) is 0 Å². The van der Waals surface area contributed by atoms with Gasteiger partial charge in [0, 0.05) is 16.5 Å². The molecule has 6 heteroatoms. The zero-order valence-corrected chi connectivity index (χ0v) is 11.0. The van der Waals surface area contributed by atoms with E-state index < -0.39 is 11.6 Å². The third-order valence-corrected chi connectivity index (χ3v) is 3.08. The third kappa shape index (κ3) is 4.78. The normalized spacial score (nSPS) is 13.9. The predicted molar refractivity (Wildman–Crippen MR) is 66.4 cm³/mol. The van der Waals surface area contributed by atoms with E-state index in [1.807, 2.05) is 13.8 Å². The van der Waals surface area contributed by atoms with Crippen molar-refractivity contribution in [3.8, 4) is 5.75 Å². The number of benzene rings is 1. The van der Waals surface area contributed by atoms with Crippen LogP contribution >= 0.6 is 11.8 Å². The summed E-state index contributed by atoms with van der Waals surface area (Å²) in [4.78, 5) is 0.0366. The molecule has 1 atom stereocenters. The molecule has 0 radical (unpaired) electrons. The average Bonchev–Trinajstić information content (AvgIpc) is 2.17. The number of hydrogen-bond acceptors (Lipinski definition) is 3. The first-order valence-electron chi connectivity index (χ1n) is 5.53. The number of phenols is 1. The van der Waals surface area contributed by atoms with Gasteiger partial charge in [0.1, 0.15) is 5.75 Å². The van der Waals surface area contributed by atoms with Crippen molar-refractivity contribution >= 4 is 11.8 Å². The molecule has 0 fully saturated rings. The van der Waals surface area contributed by atoms with Crippen molar-refractivity contribution in [1.29, 1.82) is 0 Å².